The minimum absolute atomic E-state index is 0.151. The zero-order chi connectivity index (χ0) is 23.4. The van der Waals surface area contributed by atoms with Gasteiger partial charge in [0.15, 0.2) is 0 Å². The van der Waals surface area contributed by atoms with E-state index in [1.54, 1.807) is 36.4 Å². The Morgan fingerprint density at radius 3 is 2.24 bits per heavy atom. The Bertz CT molecular complexity index is 1390. The average Bonchev–Trinajstić information content (AvgIpc) is 2.82. The van der Waals surface area contributed by atoms with Gasteiger partial charge in [-0.3, -0.25) is 9.10 Å². The van der Waals surface area contributed by atoms with Crippen LogP contribution in [0.2, 0.25) is 0 Å². The highest BCUT2D eigenvalue weighted by atomic mass is 32.2. The fourth-order valence-electron chi connectivity index (χ4n) is 3.81. The van der Waals surface area contributed by atoms with Gasteiger partial charge in [0.1, 0.15) is 6.54 Å². The van der Waals surface area contributed by atoms with Crippen LogP contribution in [0.4, 0.5) is 5.69 Å². The summed E-state index contributed by atoms with van der Waals surface area (Å²) in [5, 5.41) is 5.05. The molecular formula is C27H26N2O3S. The molecule has 0 saturated carbocycles. The van der Waals surface area contributed by atoms with E-state index in [9.17, 15) is 13.2 Å². The number of carbonyl (C=O) groups excluding carboxylic acids is 1. The van der Waals surface area contributed by atoms with E-state index in [-0.39, 0.29) is 17.3 Å². The van der Waals surface area contributed by atoms with Crippen molar-refractivity contribution in [1.29, 1.82) is 0 Å². The van der Waals surface area contributed by atoms with E-state index in [0.717, 1.165) is 27.5 Å². The molecule has 4 rings (SSSR count). The van der Waals surface area contributed by atoms with Crippen molar-refractivity contribution in [3.05, 3.63) is 108 Å². The Labute approximate surface area is 194 Å². The zero-order valence-electron chi connectivity index (χ0n) is 18.7. The minimum Gasteiger partial charge on any atom is -0.350 e. The van der Waals surface area contributed by atoms with Gasteiger partial charge in [-0.05, 0) is 53.9 Å². The summed E-state index contributed by atoms with van der Waals surface area (Å²) in [5.41, 5.74) is 3.20. The maximum atomic E-state index is 13.5. The number of para-hydroxylation sites is 1. The van der Waals surface area contributed by atoms with Gasteiger partial charge in [-0.15, -0.1) is 0 Å². The van der Waals surface area contributed by atoms with Crippen molar-refractivity contribution in [2.24, 2.45) is 0 Å². The highest BCUT2D eigenvalue weighted by Crippen LogP contribution is 2.27. The minimum atomic E-state index is -3.93. The largest absolute Gasteiger partial charge is 0.350 e. The molecule has 0 atom stereocenters. The van der Waals surface area contributed by atoms with Crippen molar-refractivity contribution in [1.82, 2.24) is 5.32 Å². The van der Waals surface area contributed by atoms with Crippen molar-refractivity contribution in [2.45, 2.75) is 25.3 Å². The number of carbonyl (C=O) groups is 1. The van der Waals surface area contributed by atoms with Gasteiger partial charge in [0, 0.05) is 6.54 Å². The van der Waals surface area contributed by atoms with Gasteiger partial charge in [0.05, 0.1) is 10.6 Å². The number of hydrogen-bond acceptors (Lipinski definition) is 3. The number of rotatable bonds is 7. The van der Waals surface area contributed by atoms with Gasteiger partial charge in [0.25, 0.3) is 10.0 Å². The second-order valence-corrected chi connectivity index (χ2v) is 9.89. The molecule has 33 heavy (non-hydrogen) atoms. The predicted octanol–water partition coefficient (Wildman–Crippen LogP) is 4.97. The molecule has 1 amide bonds. The number of anilines is 1. The molecule has 0 aliphatic carbocycles. The van der Waals surface area contributed by atoms with E-state index in [2.05, 4.69) is 5.32 Å². The number of nitrogens with one attached hydrogen (secondary N) is 1. The van der Waals surface area contributed by atoms with Crippen LogP contribution in [0.1, 0.15) is 16.7 Å². The maximum Gasteiger partial charge on any atom is 0.264 e. The van der Waals surface area contributed by atoms with Crippen molar-refractivity contribution in [3.8, 4) is 0 Å². The van der Waals surface area contributed by atoms with E-state index in [1.165, 1.54) is 4.31 Å². The lowest BCUT2D eigenvalue weighted by Gasteiger charge is -2.25. The van der Waals surface area contributed by atoms with Crippen LogP contribution in [0.15, 0.2) is 95.9 Å². The molecular weight excluding hydrogens is 432 g/mol. The highest BCUT2D eigenvalue weighted by Gasteiger charge is 2.28. The fraction of sp³-hybridized carbons (Fsp3) is 0.148. The van der Waals surface area contributed by atoms with E-state index >= 15 is 0 Å². The summed E-state index contributed by atoms with van der Waals surface area (Å²) in [6.45, 7) is 3.73. The topological polar surface area (TPSA) is 66.5 Å². The number of nitrogens with zero attached hydrogens (tertiary/aromatic N) is 1. The molecule has 0 spiro atoms. The summed E-state index contributed by atoms with van der Waals surface area (Å²) in [7, 11) is -3.93. The molecule has 0 aromatic heterocycles. The summed E-state index contributed by atoms with van der Waals surface area (Å²) in [6.07, 6.45) is 0. The van der Waals surface area contributed by atoms with Crippen LogP contribution < -0.4 is 9.62 Å². The van der Waals surface area contributed by atoms with Crippen LogP contribution in [0.5, 0.6) is 0 Å². The van der Waals surface area contributed by atoms with Crippen LogP contribution in [-0.4, -0.2) is 20.9 Å². The molecule has 0 fully saturated rings. The predicted molar refractivity (Wildman–Crippen MR) is 133 cm³/mol. The summed E-state index contributed by atoms with van der Waals surface area (Å²) >= 11 is 0. The lowest BCUT2D eigenvalue weighted by Crippen LogP contribution is -2.41. The Hall–Kier alpha value is -3.64. The molecule has 0 aliphatic rings. The van der Waals surface area contributed by atoms with Gasteiger partial charge < -0.3 is 5.32 Å². The van der Waals surface area contributed by atoms with Crippen LogP contribution in [-0.2, 0) is 21.4 Å². The SMILES string of the molecule is Cc1ccc(S(=O)(=O)N(CC(=O)NCc2cccc3ccccc23)c2ccccc2C)cc1. The van der Waals surface area contributed by atoms with Gasteiger partial charge in [0.2, 0.25) is 5.91 Å². The number of sulfonamides is 1. The first kappa shape index (κ1) is 22.6. The lowest BCUT2D eigenvalue weighted by atomic mass is 10.0. The van der Waals surface area contributed by atoms with E-state index < -0.39 is 10.0 Å². The van der Waals surface area contributed by atoms with Gasteiger partial charge in [-0.1, -0.05) is 78.4 Å². The summed E-state index contributed by atoms with van der Waals surface area (Å²) in [4.78, 5) is 13.1. The van der Waals surface area contributed by atoms with Crippen LogP contribution in [0.3, 0.4) is 0 Å². The Morgan fingerprint density at radius 2 is 1.48 bits per heavy atom. The zero-order valence-corrected chi connectivity index (χ0v) is 19.5. The summed E-state index contributed by atoms with van der Waals surface area (Å²) in [5.74, 6) is -0.373. The molecule has 0 aliphatic heterocycles. The smallest absolute Gasteiger partial charge is 0.264 e. The maximum absolute atomic E-state index is 13.5. The molecule has 0 saturated heterocycles. The second kappa shape index (κ2) is 9.46. The standard InChI is InChI=1S/C27H26N2O3S/c1-20-14-16-24(17-15-20)33(31,32)29(26-13-6-3-8-21(26)2)19-27(30)28-18-23-11-7-10-22-9-4-5-12-25(22)23/h3-17H,18-19H2,1-2H3,(H,28,30). The first-order valence-corrected chi connectivity index (χ1v) is 12.2. The number of amides is 1. The molecule has 0 unspecified atom stereocenters. The number of hydrogen-bond donors (Lipinski definition) is 1. The van der Waals surface area contributed by atoms with E-state index in [1.807, 2.05) is 68.4 Å². The first-order valence-electron chi connectivity index (χ1n) is 10.7. The molecule has 5 nitrogen and oxygen atoms in total. The van der Waals surface area contributed by atoms with Gasteiger partial charge >= 0.3 is 0 Å². The molecule has 4 aromatic carbocycles. The van der Waals surface area contributed by atoms with Crippen molar-refractivity contribution in [3.63, 3.8) is 0 Å². The van der Waals surface area contributed by atoms with Gasteiger partial charge in [-0.2, -0.15) is 0 Å². The third-order valence-electron chi connectivity index (χ3n) is 5.64. The third-order valence-corrected chi connectivity index (χ3v) is 7.41. The summed E-state index contributed by atoms with van der Waals surface area (Å²) in [6, 6.07) is 27.7. The molecule has 0 heterocycles. The van der Waals surface area contributed by atoms with Gasteiger partial charge in [-0.25, -0.2) is 8.42 Å². The summed E-state index contributed by atoms with van der Waals surface area (Å²) < 4.78 is 28.2. The Balaban J connectivity index is 1.61. The molecule has 1 N–H and O–H groups in total. The van der Waals surface area contributed by atoms with Crippen LogP contribution in [0, 0.1) is 13.8 Å². The lowest BCUT2D eigenvalue weighted by molar-refractivity contribution is -0.119. The number of benzene rings is 4. The first-order chi connectivity index (χ1) is 15.9. The van der Waals surface area contributed by atoms with Crippen molar-refractivity contribution >= 4 is 32.4 Å². The fourth-order valence-corrected chi connectivity index (χ4v) is 5.29. The number of fused-ring (bicyclic) bond motifs is 1. The quantitative estimate of drug-likeness (QED) is 0.425. The van der Waals surface area contributed by atoms with Crippen LogP contribution >= 0.6 is 0 Å². The number of aryl methyl sites for hydroxylation is 2. The van der Waals surface area contributed by atoms with E-state index in [0.29, 0.717) is 12.2 Å². The molecule has 0 bridgehead atoms. The monoisotopic (exact) mass is 458 g/mol. The normalized spacial score (nSPS) is 11.3. The van der Waals surface area contributed by atoms with E-state index in [4.69, 9.17) is 0 Å². The Kier molecular flexibility index (Phi) is 6.47. The average molecular weight is 459 g/mol. The molecule has 6 heteroatoms. The highest BCUT2D eigenvalue weighted by molar-refractivity contribution is 7.92. The Morgan fingerprint density at radius 1 is 0.818 bits per heavy atom. The second-order valence-electron chi connectivity index (χ2n) is 8.03. The molecule has 168 valence electrons. The molecule has 0 radical (unpaired) electrons. The van der Waals surface area contributed by atoms with Crippen molar-refractivity contribution in [2.75, 3.05) is 10.8 Å². The third kappa shape index (κ3) is 4.91. The van der Waals surface area contributed by atoms with Crippen molar-refractivity contribution < 1.29 is 13.2 Å². The van der Waals surface area contributed by atoms with Crippen LogP contribution in [0.25, 0.3) is 10.8 Å². The molecule has 4 aromatic rings.